The number of amides is 1. The molecular weight excluding hydrogens is 302 g/mol. The van der Waals surface area contributed by atoms with E-state index in [1.165, 1.54) is 6.42 Å². The highest BCUT2D eigenvalue weighted by atomic mass is 16.5. The van der Waals surface area contributed by atoms with Gasteiger partial charge in [0.05, 0.1) is 18.6 Å². The Morgan fingerprint density at radius 1 is 1.25 bits per heavy atom. The van der Waals surface area contributed by atoms with Crippen molar-refractivity contribution < 1.29 is 14.6 Å². The van der Waals surface area contributed by atoms with Crippen LogP contribution in [0.4, 0.5) is 0 Å². The first-order valence-corrected chi connectivity index (χ1v) is 9.15. The van der Waals surface area contributed by atoms with Crippen molar-refractivity contribution in [1.29, 1.82) is 0 Å². The quantitative estimate of drug-likeness (QED) is 0.871. The summed E-state index contributed by atoms with van der Waals surface area (Å²) in [5, 5.41) is 10.2. The van der Waals surface area contributed by atoms with Gasteiger partial charge in [-0.15, -0.1) is 0 Å². The Labute approximate surface area is 144 Å². The minimum Gasteiger partial charge on any atom is -0.497 e. The van der Waals surface area contributed by atoms with Crippen LogP contribution in [0, 0.1) is 5.92 Å². The van der Waals surface area contributed by atoms with Gasteiger partial charge in [-0.3, -0.25) is 4.79 Å². The molecule has 4 nitrogen and oxygen atoms in total. The SMILES string of the molecule is COc1ccc(C2(C(=O)N(C)CC(O)C3CC3)CCCCC2)cc1. The summed E-state index contributed by atoms with van der Waals surface area (Å²) in [4.78, 5) is 15.1. The molecule has 1 unspecified atom stereocenters. The van der Waals surface area contributed by atoms with Crippen molar-refractivity contribution >= 4 is 5.91 Å². The van der Waals surface area contributed by atoms with Crippen molar-refractivity contribution in [3.05, 3.63) is 29.8 Å². The lowest BCUT2D eigenvalue weighted by molar-refractivity contribution is -0.139. The predicted octanol–water partition coefficient (Wildman–Crippen LogP) is 3.13. The maximum Gasteiger partial charge on any atom is 0.233 e. The average Bonchev–Trinajstić information content (AvgIpc) is 3.47. The molecule has 0 aliphatic heterocycles. The van der Waals surface area contributed by atoms with E-state index >= 15 is 0 Å². The number of aliphatic hydroxyl groups is 1. The summed E-state index contributed by atoms with van der Waals surface area (Å²) < 4.78 is 5.25. The van der Waals surface area contributed by atoms with Crippen LogP contribution >= 0.6 is 0 Å². The predicted molar refractivity (Wildman–Crippen MR) is 94.1 cm³/mol. The average molecular weight is 331 g/mol. The van der Waals surface area contributed by atoms with Crippen LogP contribution < -0.4 is 4.74 Å². The third-order valence-corrected chi connectivity index (χ3v) is 5.73. The second kappa shape index (κ2) is 7.14. The molecular formula is C20H29NO3. The minimum atomic E-state index is -0.442. The maximum atomic E-state index is 13.3. The van der Waals surface area contributed by atoms with E-state index in [0.29, 0.717) is 12.5 Å². The summed E-state index contributed by atoms with van der Waals surface area (Å²) in [7, 11) is 3.50. The summed E-state index contributed by atoms with van der Waals surface area (Å²) in [5.74, 6) is 1.37. The molecule has 1 N–H and O–H groups in total. The number of nitrogens with zero attached hydrogens (tertiary/aromatic N) is 1. The Morgan fingerprint density at radius 3 is 2.42 bits per heavy atom. The van der Waals surface area contributed by atoms with E-state index in [1.54, 1.807) is 12.0 Å². The van der Waals surface area contributed by atoms with E-state index in [2.05, 4.69) is 0 Å². The zero-order chi connectivity index (χ0) is 17.2. The van der Waals surface area contributed by atoms with Crippen LogP contribution in [0.15, 0.2) is 24.3 Å². The number of carbonyl (C=O) groups excluding carboxylic acids is 1. The van der Waals surface area contributed by atoms with E-state index in [1.807, 2.05) is 31.3 Å². The second-order valence-electron chi connectivity index (χ2n) is 7.46. The number of methoxy groups -OCH3 is 1. The molecule has 0 bridgehead atoms. The summed E-state index contributed by atoms with van der Waals surface area (Å²) in [6.45, 7) is 0.446. The number of hydrogen-bond acceptors (Lipinski definition) is 3. The Morgan fingerprint density at radius 2 is 1.88 bits per heavy atom. The van der Waals surface area contributed by atoms with Gasteiger partial charge in [-0.05, 0) is 49.3 Å². The van der Waals surface area contributed by atoms with Crippen molar-refractivity contribution in [1.82, 2.24) is 4.90 Å². The van der Waals surface area contributed by atoms with Gasteiger partial charge in [-0.25, -0.2) is 0 Å². The highest BCUT2D eigenvalue weighted by Crippen LogP contribution is 2.42. The fraction of sp³-hybridized carbons (Fsp3) is 0.650. The number of carbonyl (C=O) groups is 1. The molecule has 4 heteroatoms. The van der Waals surface area contributed by atoms with E-state index < -0.39 is 5.41 Å². The molecule has 0 radical (unpaired) electrons. The number of aliphatic hydroxyl groups excluding tert-OH is 1. The molecule has 1 aromatic carbocycles. The number of hydrogen-bond donors (Lipinski definition) is 1. The van der Waals surface area contributed by atoms with Crippen LogP contribution in [0.3, 0.4) is 0 Å². The van der Waals surface area contributed by atoms with Crippen LogP contribution in [0.5, 0.6) is 5.75 Å². The van der Waals surface area contributed by atoms with Gasteiger partial charge >= 0.3 is 0 Å². The number of likely N-dealkylation sites (N-methyl/N-ethyl adjacent to an activating group) is 1. The van der Waals surface area contributed by atoms with Gasteiger partial charge in [0.15, 0.2) is 0 Å². The van der Waals surface area contributed by atoms with Crippen molar-refractivity contribution in [3.63, 3.8) is 0 Å². The third-order valence-electron chi connectivity index (χ3n) is 5.73. The van der Waals surface area contributed by atoms with Crippen molar-refractivity contribution in [3.8, 4) is 5.75 Å². The first-order valence-electron chi connectivity index (χ1n) is 9.15. The van der Waals surface area contributed by atoms with Crippen LogP contribution in [0.25, 0.3) is 0 Å². The highest BCUT2D eigenvalue weighted by molar-refractivity contribution is 5.88. The summed E-state index contributed by atoms with van der Waals surface area (Å²) >= 11 is 0. The standard InChI is InChI=1S/C20H29NO3/c1-21(14-18(22)15-6-7-15)19(23)20(12-4-3-5-13-20)16-8-10-17(24-2)11-9-16/h8-11,15,18,22H,3-7,12-14H2,1-2H3. The van der Waals surface area contributed by atoms with Crippen LogP contribution in [-0.4, -0.2) is 42.7 Å². The summed E-state index contributed by atoms with van der Waals surface area (Å²) in [6.07, 6.45) is 6.94. The van der Waals surface area contributed by atoms with E-state index in [0.717, 1.165) is 49.8 Å². The van der Waals surface area contributed by atoms with Gasteiger partial charge in [-0.2, -0.15) is 0 Å². The molecule has 1 atom stereocenters. The van der Waals surface area contributed by atoms with E-state index in [-0.39, 0.29) is 12.0 Å². The lowest BCUT2D eigenvalue weighted by Gasteiger charge is -2.39. The molecule has 0 heterocycles. The number of ether oxygens (including phenoxy) is 1. The lowest BCUT2D eigenvalue weighted by atomic mass is 9.68. The second-order valence-corrected chi connectivity index (χ2v) is 7.46. The lowest BCUT2D eigenvalue weighted by Crippen LogP contribution is -2.48. The monoisotopic (exact) mass is 331 g/mol. The molecule has 2 saturated carbocycles. The first-order chi connectivity index (χ1) is 11.6. The Balaban J connectivity index is 1.82. The molecule has 2 fully saturated rings. The summed E-state index contributed by atoms with van der Waals surface area (Å²) in [5.41, 5.74) is 0.642. The zero-order valence-corrected chi connectivity index (χ0v) is 14.8. The van der Waals surface area contributed by atoms with Crippen LogP contribution in [-0.2, 0) is 10.2 Å². The van der Waals surface area contributed by atoms with Gasteiger partial charge in [0.2, 0.25) is 5.91 Å². The molecule has 0 aromatic heterocycles. The van der Waals surface area contributed by atoms with Crippen molar-refractivity contribution in [2.75, 3.05) is 20.7 Å². The van der Waals surface area contributed by atoms with Crippen molar-refractivity contribution in [2.24, 2.45) is 5.92 Å². The van der Waals surface area contributed by atoms with Crippen LogP contribution in [0.2, 0.25) is 0 Å². The highest BCUT2D eigenvalue weighted by Gasteiger charge is 2.43. The fourth-order valence-corrected chi connectivity index (χ4v) is 4.05. The molecule has 1 aromatic rings. The Kier molecular flexibility index (Phi) is 5.14. The smallest absolute Gasteiger partial charge is 0.233 e. The number of rotatable bonds is 6. The molecule has 24 heavy (non-hydrogen) atoms. The van der Waals surface area contributed by atoms with Gasteiger partial charge in [0, 0.05) is 13.6 Å². The normalized spacial score (nSPS) is 21.1. The first kappa shape index (κ1) is 17.3. The fourth-order valence-electron chi connectivity index (χ4n) is 4.05. The molecule has 132 valence electrons. The zero-order valence-electron chi connectivity index (χ0n) is 14.8. The molecule has 3 rings (SSSR count). The third kappa shape index (κ3) is 3.44. The van der Waals surface area contributed by atoms with Gasteiger partial charge < -0.3 is 14.7 Å². The van der Waals surface area contributed by atoms with Gasteiger partial charge in [-0.1, -0.05) is 31.4 Å². The molecule has 0 spiro atoms. The van der Waals surface area contributed by atoms with E-state index in [9.17, 15) is 9.90 Å². The molecule has 1 amide bonds. The Bertz CT molecular complexity index is 559. The van der Waals surface area contributed by atoms with Crippen molar-refractivity contribution in [2.45, 2.75) is 56.5 Å². The van der Waals surface area contributed by atoms with Crippen LogP contribution in [0.1, 0.15) is 50.5 Å². The maximum absolute atomic E-state index is 13.3. The number of benzene rings is 1. The van der Waals surface area contributed by atoms with Gasteiger partial charge in [0.1, 0.15) is 5.75 Å². The molecule has 0 saturated heterocycles. The Hall–Kier alpha value is -1.55. The molecule has 2 aliphatic carbocycles. The molecule has 2 aliphatic rings. The summed E-state index contributed by atoms with van der Waals surface area (Å²) in [6, 6.07) is 7.95. The minimum absolute atomic E-state index is 0.159. The topological polar surface area (TPSA) is 49.8 Å². The van der Waals surface area contributed by atoms with Gasteiger partial charge in [0.25, 0.3) is 0 Å². The van der Waals surface area contributed by atoms with E-state index in [4.69, 9.17) is 4.74 Å². The largest absolute Gasteiger partial charge is 0.497 e.